The van der Waals surface area contributed by atoms with Gasteiger partial charge in [0.15, 0.2) is 0 Å². The molecule has 0 aromatic carbocycles. The van der Waals surface area contributed by atoms with E-state index in [0.29, 0.717) is 25.4 Å². The maximum Gasteiger partial charge on any atom is 0.0831 e. The lowest BCUT2D eigenvalue weighted by molar-refractivity contribution is 0.0286. The average molecular weight is 244 g/mol. The minimum absolute atomic E-state index is 0.299. The van der Waals surface area contributed by atoms with Crippen LogP contribution in [0.3, 0.4) is 0 Å². The van der Waals surface area contributed by atoms with Gasteiger partial charge in [0.2, 0.25) is 0 Å². The van der Waals surface area contributed by atoms with Crippen LogP contribution in [0.5, 0.6) is 0 Å². The SMILES string of the molecule is OC(CCCCCC1CO1)COCCC1CO1. The molecule has 4 heteroatoms. The molecule has 0 aromatic heterocycles. The van der Waals surface area contributed by atoms with E-state index >= 15 is 0 Å². The molecule has 0 saturated carbocycles. The second-order valence-corrected chi connectivity index (χ2v) is 5.07. The summed E-state index contributed by atoms with van der Waals surface area (Å²) < 4.78 is 15.6. The molecule has 17 heavy (non-hydrogen) atoms. The van der Waals surface area contributed by atoms with Crippen LogP contribution in [0.2, 0.25) is 0 Å². The van der Waals surface area contributed by atoms with Crippen molar-refractivity contribution in [3.8, 4) is 0 Å². The smallest absolute Gasteiger partial charge is 0.0831 e. The maximum atomic E-state index is 9.67. The van der Waals surface area contributed by atoms with E-state index in [2.05, 4.69) is 0 Å². The summed E-state index contributed by atoms with van der Waals surface area (Å²) in [6.45, 7) is 3.02. The van der Waals surface area contributed by atoms with Gasteiger partial charge in [-0.3, -0.25) is 0 Å². The zero-order chi connectivity index (χ0) is 11.9. The fourth-order valence-corrected chi connectivity index (χ4v) is 1.92. The van der Waals surface area contributed by atoms with E-state index in [4.69, 9.17) is 14.2 Å². The number of rotatable bonds is 11. The monoisotopic (exact) mass is 244 g/mol. The molecule has 3 atom stereocenters. The summed E-state index contributed by atoms with van der Waals surface area (Å²) in [5.41, 5.74) is 0. The van der Waals surface area contributed by atoms with Crippen molar-refractivity contribution in [2.24, 2.45) is 0 Å². The zero-order valence-electron chi connectivity index (χ0n) is 10.5. The summed E-state index contributed by atoms with van der Waals surface area (Å²) in [6.07, 6.45) is 7.18. The normalized spacial score (nSPS) is 28.1. The van der Waals surface area contributed by atoms with Gasteiger partial charge < -0.3 is 19.3 Å². The Balaban J connectivity index is 1.31. The van der Waals surface area contributed by atoms with Crippen LogP contribution in [0.1, 0.15) is 38.5 Å². The predicted octanol–water partition coefficient (Wildman–Crippen LogP) is 1.50. The molecule has 4 nitrogen and oxygen atoms in total. The predicted molar refractivity (Wildman–Crippen MR) is 64.0 cm³/mol. The molecular formula is C13H24O4. The Hall–Kier alpha value is -0.160. The first-order chi connectivity index (χ1) is 8.34. The van der Waals surface area contributed by atoms with Gasteiger partial charge in [-0.05, 0) is 19.3 Å². The third kappa shape index (κ3) is 6.99. The van der Waals surface area contributed by atoms with E-state index in [0.717, 1.165) is 32.5 Å². The molecule has 1 N–H and O–H groups in total. The van der Waals surface area contributed by atoms with Gasteiger partial charge in [-0.25, -0.2) is 0 Å². The summed E-state index contributed by atoms with van der Waals surface area (Å²) in [4.78, 5) is 0. The van der Waals surface area contributed by atoms with Crippen LogP contribution in [-0.2, 0) is 14.2 Å². The minimum Gasteiger partial charge on any atom is -0.391 e. The number of epoxide rings is 2. The van der Waals surface area contributed by atoms with Crippen molar-refractivity contribution in [2.75, 3.05) is 26.4 Å². The van der Waals surface area contributed by atoms with Crippen LogP contribution in [-0.4, -0.2) is 49.8 Å². The van der Waals surface area contributed by atoms with Crippen molar-refractivity contribution in [3.05, 3.63) is 0 Å². The highest BCUT2D eigenvalue weighted by Crippen LogP contribution is 2.18. The lowest BCUT2D eigenvalue weighted by Gasteiger charge is -2.10. The standard InChI is InChI=1S/C13H24O4/c14-11(8-15-7-6-13-10-17-13)4-2-1-3-5-12-9-16-12/h11-14H,1-10H2. The molecule has 100 valence electrons. The Morgan fingerprint density at radius 2 is 1.76 bits per heavy atom. The van der Waals surface area contributed by atoms with Crippen LogP contribution in [0.4, 0.5) is 0 Å². The number of hydrogen-bond donors (Lipinski definition) is 1. The molecule has 2 heterocycles. The second-order valence-electron chi connectivity index (χ2n) is 5.07. The van der Waals surface area contributed by atoms with Gasteiger partial charge in [0.25, 0.3) is 0 Å². The van der Waals surface area contributed by atoms with Crippen molar-refractivity contribution in [1.82, 2.24) is 0 Å². The fraction of sp³-hybridized carbons (Fsp3) is 1.00. The third-order valence-electron chi connectivity index (χ3n) is 3.26. The van der Waals surface area contributed by atoms with E-state index in [1.54, 1.807) is 0 Å². The molecule has 2 rings (SSSR count). The number of hydrogen-bond acceptors (Lipinski definition) is 4. The van der Waals surface area contributed by atoms with Crippen LogP contribution < -0.4 is 0 Å². The third-order valence-corrected chi connectivity index (χ3v) is 3.26. The molecule has 2 aliphatic heterocycles. The first kappa shape index (κ1) is 13.3. The Bertz CT molecular complexity index is 202. The highest BCUT2D eigenvalue weighted by Gasteiger charge is 2.22. The summed E-state index contributed by atoms with van der Waals surface area (Å²) in [6, 6.07) is 0. The van der Waals surface area contributed by atoms with Crippen molar-refractivity contribution >= 4 is 0 Å². The van der Waals surface area contributed by atoms with Gasteiger partial charge >= 0.3 is 0 Å². The summed E-state index contributed by atoms with van der Waals surface area (Å²) in [7, 11) is 0. The van der Waals surface area contributed by atoms with Crippen molar-refractivity contribution in [1.29, 1.82) is 0 Å². The topological polar surface area (TPSA) is 54.5 Å². The Kier molecular flexibility index (Phi) is 5.71. The zero-order valence-corrected chi connectivity index (χ0v) is 10.5. The van der Waals surface area contributed by atoms with Crippen LogP contribution in [0.25, 0.3) is 0 Å². The highest BCUT2D eigenvalue weighted by atomic mass is 16.6. The van der Waals surface area contributed by atoms with Crippen molar-refractivity contribution in [2.45, 2.75) is 56.8 Å². The van der Waals surface area contributed by atoms with E-state index in [-0.39, 0.29) is 6.10 Å². The lowest BCUT2D eigenvalue weighted by Crippen LogP contribution is -2.16. The summed E-state index contributed by atoms with van der Waals surface area (Å²) >= 11 is 0. The Morgan fingerprint density at radius 3 is 2.47 bits per heavy atom. The van der Waals surface area contributed by atoms with E-state index in [1.165, 1.54) is 19.3 Å². The fourth-order valence-electron chi connectivity index (χ4n) is 1.92. The average Bonchev–Trinajstić information content (AvgIpc) is 3.17. The lowest BCUT2D eigenvalue weighted by atomic mass is 10.1. The van der Waals surface area contributed by atoms with Gasteiger partial charge in [0.05, 0.1) is 38.1 Å². The molecule has 0 aromatic rings. The van der Waals surface area contributed by atoms with Crippen LogP contribution in [0, 0.1) is 0 Å². The van der Waals surface area contributed by atoms with E-state index < -0.39 is 0 Å². The highest BCUT2D eigenvalue weighted by molar-refractivity contribution is 4.69. The molecule has 2 aliphatic rings. The maximum absolute atomic E-state index is 9.67. The molecule has 0 amide bonds. The van der Waals surface area contributed by atoms with Crippen molar-refractivity contribution < 1.29 is 19.3 Å². The van der Waals surface area contributed by atoms with E-state index in [1.807, 2.05) is 0 Å². The molecule has 2 fully saturated rings. The summed E-state index contributed by atoms with van der Waals surface area (Å²) in [5, 5.41) is 9.67. The second kappa shape index (κ2) is 7.31. The number of aliphatic hydroxyl groups is 1. The minimum atomic E-state index is -0.299. The Labute approximate surface area is 103 Å². The number of unbranched alkanes of at least 4 members (excludes halogenated alkanes) is 2. The molecule has 3 unspecified atom stereocenters. The molecular weight excluding hydrogens is 220 g/mol. The van der Waals surface area contributed by atoms with E-state index in [9.17, 15) is 5.11 Å². The van der Waals surface area contributed by atoms with Gasteiger partial charge in [0.1, 0.15) is 0 Å². The van der Waals surface area contributed by atoms with Gasteiger partial charge in [0, 0.05) is 6.61 Å². The molecule has 0 spiro atoms. The number of ether oxygens (including phenoxy) is 3. The van der Waals surface area contributed by atoms with Crippen LogP contribution >= 0.6 is 0 Å². The van der Waals surface area contributed by atoms with Crippen LogP contribution in [0.15, 0.2) is 0 Å². The van der Waals surface area contributed by atoms with Gasteiger partial charge in [-0.15, -0.1) is 0 Å². The first-order valence-electron chi connectivity index (χ1n) is 6.83. The Morgan fingerprint density at radius 1 is 1.06 bits per heavy atom. The quantitative estimate of drug-likeness (QED) is 0.442. The largest absolute Gasteiger partial charge is 0.391 e. The van der Waals surface area contributed by atoms with Crippen molar-refractivity contribution in [3.63, 3.8) is 0 Å². The van der Waals surface area contributed by atoms with Gasteiger partial charge in [-0.2, -0.15) is 0 Å². The molecule has 2 saturated heterocycles. The molecule has 0 bridgehead atoms. The van der Waals surface area contributed by atoms with Gasteiger partial charge in [-0.1, -0.05) is 19.3 Å². The first-order valence-corrected chi connectivity index (χ1v) is 6.83. The number of aliphatic hydroxyl groups excluding tert-OH is 1. The summed E-state index contributed by atoms with van der Waals surface area (Å²) in [5.74, 6) is 0. The molecule has 0 radical (unpaired) electrons. The molecule has 0 aliphatic carbocycles.